The number of rotatable bonds is 29. The van der Waals surface area contributed by atoms with E-state index in [0.717, 1.165) is 0 Å². The van der Waals surface area contributed by atoms with Crippen LogP contribution in [0, 0.1) is 12.3 Å². The fourth-order valence-corrected chi connectivity index (χ4v) is 3.02. The molecular formula is C27H44N2O13. The SMILES string of the molecule is C#CCC(=O)NCCOCCOCCOCCOCCOCCOCCOCCOCCC(=O)ON1C(=O)CCC1=O. The third-order valence-electron chi connectivity index (χ3n) is 5.08. The molecule has 0 saturated carbocycles. The molecule has 240 valence electrons. The molecule has 42 heavy (non-hydrogen) atoms. The van der Waals surface area contributed by atoms with Gasteiger partial charge in [0.25, 0.3) is 11.8 Å². The van der Waals surface area contributed by atoms with Gasteiger partial charge in [0.05, 0.1) is 119 Å². The Bertz CT molecular complexity index is 774. The second kappa shape index (κ2) is 27.2. The maximum atomic E-state index is 11.6. The lowest BCUT2D eigenvalue weighted by molar-refractivity contribution is -0.198. The number of hydroxylamine groups is 2. The number of ether oxygens (including phenoxy) is 8. The number of imide groups is 1. The van der Waals surface area contributed by atoms with E-state index in [1.54, 1.807) is 0 Å². The van der Waals surface area contributed by atoms with E-state index in [1.807, 2.05) is 0 Å². The van der Waals surface area contributed by atoms with Crippen LogP contribution < -0.4 is 5.32 Å². The first-order valence-corrected chi connectivity index (χ1v) is 13.9. The summed E-state index contributed by atoms with van der Waals surface area (Å²) in [4.78, 5) is 50.2. The van der Waals surface area contributed by atoms with Crippen LogP contribution in [0.15, 0.2) is 0 Å². The van der Waals surface area contributed by atoms with E-state index in [2.05, 4.69) is 11.2 Å². The number of hydrogen-bond donors (Lipinski definition) is 1. The maximum absolute atomic E-state index is 11.6. The smallest absolute Gasteiger partial charge is 0.335 e. The van der Waals surface area contributed by atoms with Crippen molar-refractivity contribution in [1.82, 2.24) is 10.4 Å². The van der Waals surface area contributed by atoms with Crippen LogP contribution in [-0.4, -0.2) is 141 Å². The van der Waals surface area contributed by atoms with Crippen LogP contribution in [0.2, 0.25) is 0 Å². The van der Waals surface area contributed by atoms with E-state index in [1.165, 1.54) is 0 Å². The molecule has 1 fully saturated rings. The predicted molar refractivity (Wildman–Crippen MR) is 145 cm³/mol. The molecular weight excluding hydrogens is 560 g/mol. The second-order valence-corrected chi connectivity index (χ2v) is 8.42. The third kappa shape index (κ3) is 22.0. The fourth-order valence-electron chi connectivity index (χ4n) is 3.02. The molecule has 1 saturated heterocycles. The zero-order valence-electron chi connectivity index (χ0n) is 24.2. The first-order valence-electron chi connectivity index (χ1n) is 13.9. The Morgan fingerprint density at radius 2 is 0.976 bits per heavy atom. The summed E-state index contributed by atoms with van der Waals surface area (Å²) in [5.74, 6) is 0.356. The minimum Gasteiger partial charge on any atom is -0.378 e. The predicted octanol–water partition coefficient (Wildman–Crippen LogP) is -0.744. The minimum atomic E-state index is -0.702. The average molecular weight is 605 g/mol. The van der Waals surface area contributed by atoms with Gasteiger partial charge in [-0.3, -0.25) is 14.4 Å². The summed E-state index contributed by atoms with van der Waals surface area (Å²) >= 11 is 0. The Labute approximate surface area is 246 Å². The van der Waals surface area contributed by atoms with Crippen molar-refractivity contribution in [3.8, 4) is 12.3 Å². The molecule has 1 rings (SSSR count). The van der Waals surface area contributed by atoms with E-state index in [0.29, 0.717) is 104 Å². The number of amides is 3. The van der Waals surface area contributed by atoms with Gasteiger partial charge < -0.3 is 48.0 Å². The topological polar surface area (TPSA) is 167 Å². The van der Waals surface area contributed by atoms with Gasteiger partial charge in [-0.1, -0.05) is 5.92 Å². The summed E-state index contributed by atoms with van der Waals surface area (Å²) in [6, 6.07) is 0. The number of carbonyl (C=O) groups is 4. The van der Waals surface area contributed by atoms with E-state index in [9.17, 15) is 19.2 Å². The highest BCUT2D eigenvalue weighted by molar-refractivity contribution is 6.01. The molecule has 0 spiro atoms. The highest BCUT2D eigenvalue weighted by Crippen LogP contribution is 2.12. The van der Waals surface area contributed by atoms with Crippen LogP contribution in [0.5, 0.6) is 0 Å². The number of nitrogens with zero attached hydrogens (tertiary/aromatic N) is 1. The quantitative estimate of drug-likeness (QED) is 0.0645. The van der Waals surface area contributed by atoms with Gasteiger partial charge in [-0.15, -0.1) is 11.5 Å². The van der Waals surface area contributed by atoms with Crippen LogP contribution in [0.25, 0.3) is 0 Å². The minimum absolute atomic E-state index is 0.0573. The van der Waals surface area contributed by atoms with Gasteiger partial charge in [-0.2, -0.15) is 0 Å². The Hall–Kier alpha value is -2.68. The molecule has 1 aliphatic heterocycles. The Kier molecular flexibility index (Phi) is 24.2. The molecule has 0 aromatic rings. The van der Waals surface area contributed by atoms with Crippen LogP contribution in [0.3, 0.4) is 0 Å². The number of nitrogens with one attached hydrogen (secondary N) is 1. The zero-order chi connectivity index (χ0) is 30.5. The van der Waals surface area contributed by atoms with Crippen molar-refractivity contribution in [1.29, 1.82) is 0 Å². The summed E-state index contributed by atoms with van der Waals surface area (Å²) in [6.45, 7) is 6.81. The maximum Gasteiger partial charge on any atom is 0.335 e. The van der Waals surface area contributed by atoms with Crippen molar-refractivity contribution >= 4 is 23.7 Å². The summed E-state index contributed by atoms with van der Waals surface area (Å²) in [5.41, 5.74) is 0. The van der Waals surface area contributed by atoms with E-state index in [4.69, 9.17) is 49.2 Å². The van der Waals surface area contributed by atoms with Crippen LogP contribution in [-0.2, 0) is 61.9 Å². The van der Waals surface area contributed by atoms with Crippen molar-refractivity contribution in [3.63, 3.8) is 0 Å². The molecule has 0 bridgehead atoms. The number of terminal acetylenes is 1. The molecule has 0 aromatic carbocycles. The number of carbonyl (C=O) groups excluding carboxylic acids is 4. The molecule has 0 aliphatic carbocycles. The largest absolute Gasteiger partial charge is 0.378 e. The molecule has 0 atom stereocenters. The molecule has 1 N–H and O–H groups in total. The Morgan fingerprint density at radius 1 is 0.619 bits per heavy atom. The van der Waals surface area contributed by atoms with Crippen LogP contribution in [0.4, 0.5) is 0 Å². The summed E-state index contributed by atoms with van der Waals surface area (Å²) < 4.78 is 43.0. The summed E-state index contributed by atoms with van der Waals surface area (Å²) in [5, 5.41) is 3.15. The second-order valence-electron chi connectivity index (χ2n) is 8.42. The molecule has 0 unspecified atom stereocenters. The zero-order valence-corrected chi connectivity index (χ0v) is 24.2. The summed E-state index contributed by atoms with van der Waals surface area (Å²) in [6.07, 6.45) is 5.15. The van der Waals surface area contributed by atoms with Gasteiger partial charge in [-0.05, 0) is 0 Å². The highest BCUT2D eigenvalue weighted by Gasteiger charge is 2.32. The molecule has 0 radical (unpaired) electrons. The van der Waals surface area contributed by atoms with Gasteiger partial charge in [-0.25, -0.2) is 4.79 Å². The van der Waals surface area contributed by atoms with Crippen molar-refractivity contribution in [3.05, 3.63) is 0 Å². The lowest BCUT2D eigenvalue weighted by Crippen LogP contribution is -2.32. The molecule has 15 nitrogen and oxygen atoms in total. The third-order valence-corrected chi connectivity index (χ3v) is 5.08. The van der Waals surface area contributed by atoms with Gasteiger partial charge in [0.15, 0.2) is 0 Å². The van der Waals surface area contributed by atoms with E-state index in [-0.39, 0.29) is 44.8 Å². The van der Waals surface area contributed by atoms with Crippen molar-refractivity contribution in [2.24, 2.45) is 0 Å². The van der Waals surface area contributed by atoms with Crippen LogP contribution >= 0.6 is 0 Å². The van der Waals surface area contributed by atoms with Crippen molar-refractivity contribution in [2.75, 3.05) is 112 Å². The molecule has 3 amide bonds. The Morgan fingerprint density at radius 3 is 1.36 bits per heavy atom. The van der Waals surface area contributed by atoms with Gasteiger partial charge in [0.2, 0.25) is 5.91 Å². The van der Waals surface area contributed by atoms with E-state index < -0.39 is 17.8 Å². The fraction of sp³-hybridized carbons (Fsp3) is 0.778. The molecule has 15 heteroatoms. The van der Waals surface area contributed by atoms with Crippen molar-refractivity contribution < 1.29 is 61.9 Å². The van der Waals surface area contributed by atoms with Gasteiger partial charge >= 0.3 is 5.97 Å². The standard InChI is InChI=1S/C27H44N2O13/c1-2-3-24(30)28-7-9-35-11-13-37-15-17-39-19-21-41-23-22-40-20-18-38-16-14-36-12-10-34-8-6-27(33)42-29-25(31)4-5-26(29)32/h1H,3-23H2,(H,28,30). The van der Waals surface area contributed by atoms with Crippen molar-refractivity contribution in [2.45, 2.75) is 25.7 Å². The molecule has 1 aliphatic rings. The van der Waals surface area contributed by atoms with E-state index >= 15 is 0 Å². The first-order chi connectivity index (χ1) is 20.5. The lowest BCUT2D eigenvalue weighted by atomic mass is 10.4. The van der Waals surface area contributed by atoms with Gasteiger partial charge in [0, 0.05) is 19.4 Å². The normalized spacial score (nSPS) is 13.0. The van der Waals surface area contributed by atoms with Crippen LogP contribution in [0.1, 0.15) is 25.7 Å². The van der Waals surface area contributed by atoms with Gasteiger partial charge in [0.1, 0.15) is 0 Å². The Balaban J connectivity index is 1.68. The first kappa shape index (κ1) is 37.3. The number of hydrogen-bond acceptors (Lipinski definition) is 13. The summed E-state index contributed by atoms with van der Waals surface area (Å²) in [7, 11) is 0. The highest BCUT2D eigenvalue weighted by atomic mass is 16.7. The average Bonchev–Trinajstić information content (AvgIpc) is 3.29. The molecule has 1 heterocycles. The lowest BCUT2D eigenvalue weighted by Gasteiger charge is -2.12. The molecule has 0 aromatic heterocycles. The monoisotopic (exact) mass is 604 g/mol.